The number of Topliss-reactive ketones (excluding diaryl/α,β-unsaturated/α-hetero) is 1. The van der Waals surface area contributed by atoms with E-state index in [2.05, 4.69) is 15.9 Å². The molecule has 0 N–H and O–H groups in total. The Morgan fingerprint density at radius 3 is 2.73 bits per heavy atom. The molecule has 0 bridgehead atoms. The summed E-state index contributed by atoms with van der Waals surface area (Å²) in [4.78, 5) is 11.8. The van der Waals surface area contributed by atoms with Crippen molar-refractivity contribution in [3.63, 3.8) is 0 Å². The third-order valence-corrected chi connectivity index (χ3v) is 2.94. The van der Waals surface area contributed by atoms with Gasteiger partial charge >= 0.3 is 0 Å². The molecule has 0 saturated heterocycles. The van der Waals surface area contributed by atoms with Gasteiger partial charge < -0.3 is 4.57 Å². The number of carbonyl (C=O) groups is 1. The fourth-order valence-electron chi connectivity index (χ4n) is 1.75. The van der Waals surface area contributed by atoms with Crippen LogP contribution in [0.5, 0.6) is 0 Å². The van der Waals surface area contributed by atoms with Crippen LogP contribution in [0.4, 0.5) is 0 Å². The zero-order chi connectivity index (χ0) is 11.0. The predicted molar refractivity (Wildman–Crippen MR) is 65.6 cm³/mol. The quantitative estimate of drug-likeness (QED) is 0.604. The molecule has 0 saturated carbocycles. The van der Waals surface area contributed by atoms with Gasteiger partial charge in [-0.1, -0.05) is 34.1 Å². The molecule has 1 unspecified atom stereocenters. The Hall–Kier alpha value is -1.09. The number of hydrogen-bond donors (Lipinski definition) is 0. The van der Waals surface area contributed by atoms with Crippen LogP contribution in [-0.2, 0) is 7.05 Å². The van der Waals surface area contributed by atoms with Crippen molar-refractivity contribution >= 4 is 32.6 Å². The highest BCUT2D eigenvalue weighted by atomic mass is 79.9. The molecule has 15 heavy (non-hydrogen) atoms. The minimum absolute atomic E-state index is 0.131. The zero-order valence-electron chi connectivity index (χ0n) is 8.70. The summed E-state index contributed by atoms with van der Waals surface area (Å²) < 4.78 is 1.98. The molecule has 2 rings (SSSR count). The number of ketones is 1. The van der Waals surface area contributed by atoms with Crippen LogP contribution in [0, 0.1) is 0 Å². The molecule has 0 aliphatic carbocycles. The molecule has 1 heterocycles. The van der Waals surface area contributed by atoms with Crippen LogP contribution in [-0.4, -0.2) is 15.2 Å². The number of nitrogens with zero attached hydrogens (tertiary/aromatic N) is 1. The standard InChI is InChI=1S/C12H12BrNO/c1-8(13)12(15)10-7-14(2)11-6-4-3-5-9(10)11/h3-8H,1-2H3. The first-order chi connectivity index (χ1) is 7.11. The van der Waals surface area contributed by atoms with Gasteiger partial charge in [0.15, 0.2) is 5.78 Å². The third-order valence-electron chi connectivity index (χ3n) is 2.52. The Kier molecular flexibility index (Phi) is 2.65. The van der Waals surface area contributed by atoms with Crippen molar-refractivity contribution in [2.45, 2.75) is 11.8 Å². The van der Waals surface area contributed by atoms with Crippen molar-refractivity contribution < 1.29 is 4.79 Å². The molecule has 0 spiro atoms. The highest BCUT2D eigenvalue weighted by Crippen LogP contribution is 2.22. The van der Waals surface area contributed by atoms with E-state index in [-0.39, 0.29) is 10.6 Å². The largest absolute Gasteiger partial charge is 0.350 e. The summed E-state index contributed by atoms with van der Waals surface area (Å²) in [7, 11) is 1.96. The summed E-state index contributed by atoms with van der Waals surface area (Å²) in [5.41, 5.74) is 1.88. The van der Waals surface area contributed by atoms with E-state index in [4.69, 9.17) is 0 Å². The molecule has 1 aromatic carbocycles. The molecule has 2 aromatic rings. The van der Waals surface area contributed by atoms with Gasteiger partial charge in [0.05, 0.1) is 4.83 Å². The van der Waals surface area contributed by atoms with Gasteiger partial charge in [-0.15, -0.1) is 0 Å². The number of hydrogen-bond acceptors (Lipinski definition) is 1. The number of para-hydroxylation sites is 1. The summed E-state index contributed by atoms with van der Waals surface area (Å²) in [6.07, 6.45) is 1.89. The van der Waals surface area contributed by atoms with Gasteiger partial charge in [-0.3, -0.25) is 4.79 Å². The van der Waals surface area contributed by atoms with Crippen molar-refractivity contribution in [1.29, 1.82) is 0 Å². The maximum absolute atomic E-state index is 11.9. The second-order valence-corrected chi connectivity index (χ2v) is 5.02. The van der Waals surface area contributed by atoms with Gasteiger partial charge in [-0.25, -0.2) is 0 Å². The Balaban J connectivity index is 2.67. The minimum Gasteiger partial charge on any atom is -0.350 e. The average molecular weight is 266 g/mol. The van der Waals surface area contributed by atoms with Gasteiger partial charge in [-0.05, 0) is 13.0 Å². The predicted octanol–water partition coefficient (Wildman–Crippen LogP) is 3.14. The lowest BCUT2D eigenvalue weighted by molar-refractivity contribution is 0.0997. The molecule has 3 heteroatoms. The first-order valence-electron chi connectivity index (χ1n) is 4.83. The van der Waals surface area contributed by atoms with Crippen molar-refractivity contribution in [3.8, 4) is 0 Å². The molecule has 0 aliphatic rings. The number of fused-ring (bicyclic) bond motifs is 1. The molecular formula is C12H12BrNO. The van der Waals surface area contributed by atoms with Crippen LogP contribution in [0.2, 0.25) is 0 Å². The zero-order valence-corrected chi connectivity index (χ0v) is 10.3. The molecule has 0 fully saturated rings. The van der Waals surface area contributed by atoms with Gasteiger partial charge in [-0.2, -0.15) is 0 Å². The number of carbonyl (C=O) groups excluding carboxylic acids is 1. The first-order valence-corrected chi connectivity index (χ1v) is 5.75. The summed E-state index contributed by atoms with van der Waals surface area (Å²) in [6.45, 7) is 1.85. The first kappa shape index (κ1) is 10.4. The summed E-state index contributed by atoms with van der Waals surface area (Å²) in [5, 5.41) is 1.02. The Labute approximate surface area is 97.0 Å². The lowest BCUT2D eigenvalue weighted by atomic mass is 10.1. The van der Waals surface area contributed by atoms with Crippen LogP contribution in [0.15, 0.2) is 30.5 Å². The number of rotatable bonds is 2. The highest BCUT2D eigenvalue weighted by molar-refractivity contribution is 9.10. The molecule has 0 radical (unpaired) electrons. The number of halogens is 1. The van der Waals surface area contributed by atoms with Crippen molar-refractivity contribution in [3.05, 3.63) is 36.0 Å². The van der Waals surface area contributed by atoms with Crippen molar-refractivity contribution in [1.82, 2.24) is 4.57 Å². The summed E-state index contributed by atoms with van der Waals surface area (Å²) in [5.74, 6) is 0.131. The monoisotopic (exact) mass is 265 g/mol. The van der Waals surface area contributed by atoms with Crippen LogP contribution < -0.4 is 0 Å². The smallest absolute Gasteiger partial charge is 0.178 e. The van der Waals surface area contributed by atoms with E-state index in [1.54, 1.807) is 0 Å². The summed E-state index contributed by atoms with van der Waals surface area (Å²) >= 11 is 3.31. The molecule has 0 amide bonds. The molecule has 2 nitrogen and oxygen atoms in total. The van der Waals surface area contributed by atoms with Crippen molar-refractivity contribution in [2.75, 3.05) is 0 Å². The van der Waals surface area contributed by atoms with Crippen LogP contribution in [0.1, 0.15) is 17.3 Å². The summed E-state index contributed by atoms with van der Waals surface area (Å²) in [6, 6.07) is 7.94. The molecule has 1 aromatic heterocycles. The Morgan fingerprint density at radius 1 is 1.40 bits per heavy atom. The van der Waals surface area contributed by atoms with E-state index in [1.165, 1.54) is 0 Å². The van der Waals surface area contributed by atoms with E-state index < -0.39 is 0 Å². The second kappa shape index (κ2) is 3.81. The SMILES string of the molecule is CC(Br)C(=O)c1cn(C)c2ccccc12. The Morgan fingerprint density at radius 2 is 2.07 bits per heavy atom. The lowest BCUT2D eigenvalue weighted by Crippen LogP contribution is -2.09. The third kappa shape index (κ3) is 1.72. The van der Waals surface area contributed by atoms with Gasteiger partial charge in [0.25, 0.3) is 0 Å². The second-order valence-electron chi connectivity index (χ2n) is 3.65. The lowest BCUT2D eigenvalue weighted by Gasteiger charge is -1.99. The van der Waals surface area contributed by atoms with Gasteiger partial charge in [0.2, 0.25) is 0 Å². The maximum Gasteiger partial charge on any atom is 0.178 e. The average Bonchev–Trinajstić information content (AvgIpc) is 2.56. The molecule has 78 valence electrons. The van der Waals surface area contributed by atoms with Gasteiger partial charge in [0, 0.05) is 29.7 Å². The van der Waals surface area contributed by atoms with Gasteiger partial charge in [0.1, 0.15) is 0 Å². The number of aromatic nitrogens is 1. The fourth-order valence-corrected chi connectivity index (χ4v) is 2.00. The number of alkyl halides is 1. The van der Waals surface area contributed by atoms with E-state index >= 15 is 0 Å². The van der Waals surface area contributed by atoms with Crippen LogP contribution in [0.25, 0.3) is 10.9 Å². The maximum atomic E-state index is 11.9. The number of benzene rings is 1. The normalized spacial score (nSPS) is 13.0. The molecular weight excluding hydrogens is 254 g/mol. The minimum atomic E-state index is -0.136. The molecule has 1 atom stereocenters. The molecule has 0 aliphatic heterocycles. The van der Waals surface area contributed by atoms with Crippen molar-refractivity contribution in [2.24, 2.45) is 7.05 Å². The Bertz CT molecular complexity index is 513. The van der Waals surface area contributed by atoms with E-state index in [1.807, 2.05) is 49.0 Å². The van der Waals surface area contributed by atoms with E-state index in [9.17, 15) is 4.79 Å². The topological polar surface area (TPSA) is 22.0 Å². The number of aryl methyl sites for hydroxylation is 1. The van der Waals surface area contributed by atoms with E-state index in [0.717, 1.165) is 16.5 Å². The highest BCUT2D eigenvalue weighted by Gasteiger charge is 2.16. The fraction of sp³-hybridized carbons (Fsp3) is 0.250. The van der Waals surface area contributed by atoms with Crippen LogP contribution >= 0.6 is 15.9 Å². The van der Waals surface area contributed by atoms with E-state index in [0.29, 0.717) is 0 Å². The van der Waals surface area contributed by atoms with Crippen LogP contribution in [0.3, 0.4) is 0 Å².